The maximum atomic E-state index is 12.2. The summed E-state index contributed by atoms with van der Waals surface area (Å²) in [7, 11) is 0. The summed E-state index contributed by atoms with van der Waals surface area (Å²) in [6.45, 7) is 4.47. The Kier molecular flexibility index (Phi) is 6.16. The van der Waals surface area contributed by atoms with Crippen molar-refractivity contribution in [1.82, 2.24) is 24.8 Å². The van der Waals surface area contributed by atoms with Gasteiger partial charge in [0.25, 0.3) is 0 Å². The van der Waals surface area contributed by atoms with Gasteiger partial charge in [0.05, 0.1) is 23.3 Å². The quantitative estimate of drug-likeness (QED) is 0.506. The molecule has 2 aromatic heterocycles. The van der Waals surface area contributed by atoms with Crippen LogP contribution in [0.2, 0.25) is 10.0 Å². The Balaban J connectivity index is 1.51. The summed E-state index contributed by atoms with van der Waals surface area (Å²) < 4.78 is 3.11. The van der Waals surface area contributed by atoms with Gasteiger partial charge in [0.15, 0.2) is 0 Å². The Morgan fingerprint density at radius 1 is 1.22 bits per heavy atom. The Morgan fingerprint density at radius 3 is 2.81 bits per heavy atom. The van der Waals surface area contributed by atoms with Crippen molar-refractivity contribution in [2.45, 2.75) is 13.0 Å². The maximum Gasteiger partial charge on any atom is 0.490 e. The number of aromatic nitrogens is 4. The molecule has 1 N–H and O–H groups in total. The number of imidazole rings is 1. The number of rotatable bonds is 6. The molecule has 0 fully saturated rings. The first kappa shape index (κ1) is 19.0. The molecule has 138 valence electrons. The van der Waals surface area contributed by atoms with Gasteiger partial charge in [0.2, 0.25) is 0 Å². The molecule has 0 aliphatic rings. The number of carbonyl (C=O) groups is 1. The molecule has 0 aliphatic heterocycles. The molecule has 0 saturated carbocycles. The lowest BCUT2D eigenvalue weighted by molar-refractivity contribution is -0.436. The molecule has 3 aromatic rings. The predicted molar refractivity (Wildman–Crippen MR) is 104 cm³/mol. The van der Waals surface area contributed by atoms with Gasteiger partial charge < -0.3 is 0 Å². The van der Waals surface area contributed by atoms with Crippen molar-refractivity contribution in [1.29, 1.82) is 0 Å². The van der Waals surface area contributed by atoms with E-state index in [1.54, 1.807) is 53.8 Å². The minimum absolute atomic E-state index is 0.299. The zero-order valence-corrected chi connectivity index (χ0v) is 15.9. The van der Waals surface area contributed by atoms with E-state index in [0.29, 0.717) is 35.4 Å². The van der Waals surface area contributed by atoms with Gasteiger partial charge in [-0.3, -0.25) is 4.57 Å². The highest BCUT2D eigenvalue weighted by molar-refractivity contribution is 6.42. The van der Waals surface area contributed by atoms with Gasteiger partial charge in [-0.2, -0.15) is 4.79 Å². The minimum Gasteiger partial charge on any atom is -0.290 e. The molecule has 2 heterocycles. The molecule has 0 atom stereocenters. The van der Waals surface area contributed by atoms with Crippen molar-refractivity contribution >= 4 is 36.0 Å². The van der Waals surface area contributed by atoms with Crippen LogP contribution in [0.4, 0.5) is 4.79 Å². The van der Waals surface area contributed by atoms with Crippen LogP contribution in [0.25, 0.3) is 5.82 Å². The molecule has 0 saturated heterocycles. The number of hydrogen-bond acceptors (Lipinski definition) is 4. The van der Waals surface area contributed by atoms with Gasteiger partial charge in [0.1, 0.15) is 24.5 Å². The first-order chi connectivity index (χ1) is 13.0. The van der Waals surface area contributed by atoms with Crippen LogP contribution in [0.1, 0.15) is 11.4 Å². The van der Waals surface area contributed by atoms with E-state index in [2.05, 4.69) is 27.0 Å². The standard InChI is InChI=1S/C18H16Cl2N6O/c1-25(11-13-2-3-14(19)15(20)10-13)18(27)23-6-4-16-22-7-5-17(24-16)26-9-8-21-12-26/h2-3,5,7-10,12H,1,4,6,11H2/p+1. The van der Waals surface area contributed by atoms with Gasteiger partial charge in [-0.15, -0.1) is 0 Å². The summed E-state index contributed by atoms with van der Waals surface area (Å²) in [5.74, 6) is 1.35. The highest BCUT2D eigenvalue weighted by atomic mass is 35.5. The monoisotopic (exact) mass is 403 g/mol. The Labute approximate surface area is 166 Å². The van der Waals surface area contributed by atoms with E-state index in [-0.39, 0.29) is 6.03 Å². The van der Waals surface area contributed by atoms with Crippen molar-refractivity contribution in [2.75, 3.05) is 6.54 Å². The number of hydrogen-bond donors (Lipinski definition) is 1. The van der Waals surface area contributed by atoms with Crippen molar-refractivity contribution in [2.24, 2.45) is 0 Å². The van der Waals surface area contributed by atoms with Gasteiger partial charge in [0, 0.05) is 25.0 Å². The molecule has 7 nitrogen and oxygen atoms in total. The van der Waals surface area contributed by atoms with E-state index in [1.165, 1.54) is 4.58 Å². The SMILES string of the molecule is C=[N+](Cc1ccc(Cl)c(Cl)c1)C(=O)NCCc1nccc(-n2ccnc2)n1. The Morgan fingerprint density at radius 2 is 2.07 bits per heavy atom. The van der Waals surface area contributed by atoms with E-state index >= 15 is 0 Å². The molecule has 0 bridgehead atoms. The fourth-order valence-electron chi connectivity index (χ4n) is 2.37. The number of benzene rings is 1. The lowest BCUT2D eigenvalue weighted by atomic mass is 10.2. The largest absolute Gasteiger partial charge is 0.490 e. The number of amides is 2. The second-order valence-electron chi connectivity index (χ2n) is 5.73. The smallest absolute Gasteiger partial charge is 0.290 e. The summed E-state index contributed by atoms with van der Waals surface area (Å²) in [4.78, 5) is 24.8. The van der Waals surface area contributed by atoms with E-state index in [9.17, 15) is 4.79 Å². The number of halogens is 2. The van der Waals surface area contributed by atoms with Crippen LogP contribution in [0.3, 0.4) is 0 Å². The number of nitrogens with zero attached hydrogens (tertiary/aromatic N) is 5. The molecule has 0 radical (unpaired) electrons. The molecule has 3 rings (SSSR count). The van der Waals surface area contributed by atoms with Crippen LogP contribution in [-0.2, 0) is 13.0 Å². The van der Waals surface area contributed by atoms with Gasteiger partial charge >= 0.3 is 6.03 Å². The van der Waals surface area contributed by atoms with Crippen molar-refractivity contribution in [3.05, 3.63) is 70.6 Å². The van der Waals surface area contributed by atoms with Crippen LogP contribution in [-0.4, -0.2) is 43.4 Å². The van der Waals surface area contributed by atoms with Gasteiger partial charge in [-0.1, -0.05) is 29.3 Å². The summed E-state index contributed by atoms with van der Waals surface area (Å²) in [5.41, 5.74) is 0.839. The van der Waals surface area contributed by atoms with Crippen LogP contribution in [0.15, 0.2) is 49.2 Å². The van der Waals surface area contributed by atoms with E-state index in [1.807, 2.05) is 0 Å². The molecule has 1 aromatic carbocycles. The van der Waals surface area contributed by atoms with Crippen LogP contribution in [0, 0.1) is 0 Å². The van der Waals surface area contributed by atoms with E-state index in [4.69, 9.17) is 23.2 Å². The Hall–Kier alpha value is -2.77. The molecule has 0 unspecified atom stereocenters. The minimum atomic E-state index is -0.299. The number of urea groups is 1. The third kappa shape index (κ3) is 5.12. The van der Waals surface area contributed by atoms with E-state index < -0.39 is 0 Å². The maximum absolute atomic E-state index is 12.2. The number of nitrogens with one attached hydrogen (secondary N) is 1. The van der Waals surface area contributed by atoms with Crippen molar-refractivity contribution in [3.63, 3.8) is 0 Å². The third-order valence-corrected chi connectivity index (χ3v) is 4.47. The zero-order chi connectivity index (χ0) is 19.2. The van der Waals surface area contributed by atoms with Crippen LogP contribution in [0.5, 0.6) is 0 Å². The van der Waals surface area contributed by atoms with Crippen molar-refractivity contribution < 1.29 is 9.37 Å². The average Bonchev–Trinajstić information content (AvgIpc) is 3.20. The highest BCUT2D eigenvalue weighted by Crippen LogP contribution is 2.22. The molecule has 27 heavy (non-hydrogen) atoms. The molecule has 2 amide bonds. The average molecular weight is 404 g/mol. The lowest BCUT2D eigenvalue weighted by Gasteiger charge is -2.05. The molecular weight excluding hydrogens is 387 g/mol. The van der Waals surface area contributed by atoms with Gasteiger partial charge in [-0.25, -0.2) is 24.8 Å². The molecule has 9 heteroatoms. The molecular formula is C18H17Cl2N6O+. The van der Waals surface area contributed by atoms with Crippen LogP contribution < -0.4 is 5.32 Å². The molecule has 0 aliphatic carbocycles. The first-order valence-electron chi connectivity index (χ1n) is 8.13. The predicted octanol–water partition coefficient (Wildman–Crippen LogP) is 3.13. The summed E-state index contributed by atoms with van der Waals surface area (Å²) in [6, 6.07) is 6.69. The fourth-order valence-corrected chi connectivity index (χ4v) is 2.69. The Bertz CT molecular complexity index is 958. The van der Waals surface area contributed by atoms with Crippen LogP contribution >= 0.6 is 23.2 Å². The first-order valence-corrected chi connectivity index (χ1v) is 8.88. The lowest BCUT2D eigenvalue weighted by Crippen LogP contribution is -2.33. The van der Waals surface area contributed by atoms with E-state index in [0.717, 1.165) is 11.4 Å². The summed E-state index contributed by atoms with van der Waals surface area (Å²) >= 11 is 11.9. The number of carbonyl (C=O) groups excluding carboxylic acids is 1. The van der Waals surface area contributed by atoms with Gasteiger partial charge in [-0.05, 0) is 23.8 Å². The highest BCUT2D eigenvalue weighted by Gasteiger charge is 2.14. The normalized spacial score (nSPS) is 10.6. The second-order valence-corrected chi connectivity index (χ2v) is 6.54. The fraction of sp³-hybridized carbons (Fsp3) is 0.167. The third-order valence-electron chi connectivity index (χ3n) is 3.73. The van der Waals surface area contributed by atoms with Crippen molar-refractivity contribution in [3.8, 4) is 5.82 Å². The topological polar surface area (TPSA) is 75.7 Å². The summed E-state index contributed by atoms with van der Waals surface area (Å²) in [6.07, 6.45) is 7.32. The zero-order valence-electron chi connectivity index (χ0n) is 14.3. The molecule has 0 spiro atoms. The second kappa shape index (κ2) is 8.75. The summed E-state index contributed by atoms with van der Waals surface area (Å²) in [5, 5.41) is 3.71.